The highest BCUT2D eigenvalue weighted by atomic mass is 35.5. The second-order valence-corrected chi connectivity index (χ2v) is 7.77. The number of carbonyl (C=O) groups is 1. The van der Waals surface area contributed by atoms with E-state index in [4.69, 9.17) is 11.6 Å². The highest BCUT2D eigenvalue weighted by molar-refractivity contribution is 7.99. The van der Waals surface area contributed by atoms with Crippen LogP contribution in [0.4, 0.5) is 5.69 Å². The number of nitrogens with one attached hydrogen (secondary N) is 1. The summed E-state index contributed by atoms with van der Waals surface area (Å²) in [5, 5.41) is 7.83. The lowest BCUT2D eigenvalue weighted by Gasteiger charge is -2.36. The third-order valence-corrected chi connectivity index (χ3v) is 5.89. The lowest BCUT2D eigenvalue weighted by molar-refractivity contribution is -0.128. The number of benzene rings is 1. The van der Waals surface area contributed by atoms with Crippen LogP contribution in [-0.4, -0.2) is 57.5 Å². The van der Waals surface area contributed by atoms with Gasteiger partial charge in [-0.2, -0.15) is 0 Å². The molecule has 0 spiro atoms. The lowest BCUT2D eigenvalue weighted by atomic mass is 10.2. The Labute approximate surface area is 167 Å². The van der Waals surface area contributed by atoms with Crippen LogP contribution in [0.3, 0.4) is 0 Å². The van der Waals surface area contributed by atoms with Crippen molar-refractivity contribution in [3.05, 3.63) is 39.8 Å². The van der Waals surface area contributed by atoms with Crippen molar-refractivity contribution in [3.8, 4) is 0 Å². The molecular weight excluding hydrogens is 386 g/mol. The second kappa shape index (κ2) is 9.32. The van der Waals surface area contributed by atoms with E-state index in [0.717, 1.165) is 36.6 Å². The van der Waals surface area contributed by atoms with Crippen molar-refractivity contribution in [2.24, 2.45) is 0 Å². The zero-order valence-corrected chi connectivity index (χ0v) is 16.9. The molecule has 146 valence electrons. The van der Waals surface area contributed by atoms with Gasteiger partial charge in [0.1, 0.15) is 0 Å². The summed E-state index contributed by atoms with van der Waals surface area (Å²) in [5.41, 5.74) is 0.795. The number of unbranched alkanes of at least 4 members (excludes halogenated alkanes) is 1. The molecule has 2 heterocycles. The maximum atomic E-state index is 12.5. The maximum Gasteiger partial charge on any atom is 0.343 e. The van der Waals surface area contributed by atoms with Crippen molar-refractivity contribution in [3.63, 3.8) is 0 Å². The summed E-state index contributed by atoms with van der Waals surface area (Å²) >= 11 is 7.58. The molecule has 7 nitrogen and oxygen atoms in total. The van der Waals surface area contributed by atoms with Gasteiger partial charge in [0.05, 0.1) is 16.5 Å². The first-order valence-corrected chi connectivity index (χ1v) is 10.5. The Balaban J connectivity index is 1.52. The van der Waals surface area contributed by atoms with Crippen molar-refractivity contribution in [2.75, 3.05) is 36.8 Å². The van der Waals surface area contributed by atoms with Gasteiger partial charge in [-0.1, -0.05) is 48.8 Å². The molecular formula is C18H24ClN5O2S. The standard InChI is InChI=1S/C18H24ClN5O2S/c1-2-3-8-24-17(26)20-21-18(24)27-13-16(25)23-11-9-22(10-12-23)15-7-5-4-6-14(15)19/h4-7H,2-3,8-13H2,1H3,(H,20,26). The summed E-state index contributed by atoms with van der Waals surface area (Å²) in [5.74, 6) is 0.346. The van der Waals surface area contributed by atoms with Crippen LogP contribution in [0, 0.1) is 0 Å². The number of hydrogen-bond acceptors (Lipinski definition) is 5. The van der Waals surface area contributed by atoms with Crippen molar-refractivity contribution >= 4 is 35.0 Å². The lowest BCUT2D eigenvalue weighted by Crippen LogP contribution is -2.49. The van der Waals surface area contributed by atoms with Gasteiger partial charge in [-0.15, -0.1) is 5.10 Å². The predicted molar refractivity (Wildman–Crippen MR) is 109 cm³/mol. The number of nitrogens with zero attached hydrogens (tertiary/aromatic N) is 4. The molecule has 0 radical (unpaired) electrons. The molecule has 0 bridgehead atoms. The van der Waals surface area contributed by atoms with E-state index in [2.05, 4.69) is 22.0 Å². The van der Waals surface area contributed by atoms with Gasteiger partial charge in [-0.3, -0.25) is 9.36 Å². The molecule has 0 saturated carbocycles. The van der Waals surface area contributed by atoms with Gasteiger partial charge in [0.2, 0.25) is 5.91 Å². The molecule has 27 heavy (non-hydrogen) atoms. The van der Waals surface area contributed by atoms with Crippen molar-refractivity contribution in [2.45, 2.75) is 31.5 Å². The summed E-state index contributed by atoms with van der Waals surface area (Å²) in [7, 11) is 0. The van der Waals surface area contributed by atoms with Crippen LogP contribution in [-0.2, 0) is 11.3 Å². The number of piperazine rings is 1. The Morgan fingerprint density at radius 2 is 2.00 bits per heavy atom. The Kier molecular flexibility index (Phi) is 6.84. The third-order valence-electron chi connectivity index (χ3n) is 4.61. The van der Waals surface area contributed by atoms with Crippen molar-refractivity contribution < 1.29 is 4.79 Å². The zero-order chi connectivity index (χ0) is 19.2. The number of halogens is 1. The minimum absolute atomic E-state index is 0.0660. The van der Waals surface area contributed by atoms with Crippen molar-refractivity contribution in [1.82, 2.24) is 19.7 Å². The molecule has 1 saturated heterocycles. The topological polar surface area (TPSA) is 74.2 Å². The van der Waals surface area contributed by atoms with E-state index < -0.39 is 0 Å². The van der Waals surface area contributed by atoms with Crippen LogP contribution >= 0.6 is 23.4 Å². The van der Waals surface area contributed by atoms with Crippen LogP contribution in [0.2, 0.25) is 5.02 Å². The van der Waals surface area contributed by atoms with Crippen molar-refractivity contribution in [1.29, 1.82) is 0 Å². The highest BCUT2D eigenvalue weighted by Crippen LogP contribution is 2.26. The van der Waals surface area contributed by atoms with Gasteiger partial charge < -0.3 is 9.80 Å². The van der Waals surface area contributed by atoms with Gasteiger partial charge in [0.25, 0.3) is 0 Å². The van der Waals surface area contributed by atoms with E-state index in [-0.39, 0.29) is 17.3 Å². The Morgan fingerprint density at radius 3 is 2.70 bits per heavy atom. The summed E-state index contributed by atoms with van der Waals surface area (Å²) in [6, 6.07) is 7.77. The number of thioether (sulfide) groups is 1. The van der Waals surface area contributed by atoms with E-state index in [0.29, 0.717) is 24.8 Å². The first kappa shape index (κ1) is 19.8. The first-order chi connectivity index (χ1) is 13.1. The third kappa shape index (κ3) is 4.87. The molecule has 1 aliphatic rings. The molecule has 1 fully saturated rings. The smallest absolute Gasteiger partial charge is 0.343 e. The molecule has 9 heteroatoms. The van der Waals surface area contributed by atoms with Crippen LogP contribution in [0.15, 0.2) is 34.2 Å². The monoisotopic (exact) mass is 409 g/mol. The van der Waals surface area contributed by atoms with E-state index in [1.54, 1.807) is 4.57 Å². The minimum atomic E-state index is -0.216. The fourth-order valence-corrected chi connectivity index (χ4v) is 4.18. The largest absolute Gasteiger partial charge is 0.367 e. The predicted octanol–water partition coefficient (Wildman–Crippen LogP) is 2.47. The molecule has 1 aromatic heterocycles. The number of para-hydroxylation sites is 1. The molecule has 2 aromatic rings. The van der Waals surface area contributed by atoms with E-state index in [1.807, 2.05) is 29.2 Å². The number of rotatable bonds is 7. The number of aromatic nitrogens is 3. The van der Waals surface area contributed by atoms with Gasteiger partial charge in [-0.05, 0) is 18.6 Å². The number of H-pyrrole nitrogens is 1. The normalized spacial score (nSPS) is 14.6. The Hall–Kier alpha value is -1.93. The molecule has 3 rings (SSSR count). The summed E-state index contributed by atoms with van der Waals surface area (Å²) in [6.45, 7) is 5.53. The van der Waals surface area contributed by atoms with E-state index >= 15 is 0 Å². The molecule has 1 amide bonds. The number of carbonyl (C=O) groups excluding carboxylic acids is 1. The quantitative estimate of drug-likeness (QED) is 0.711. The van der Waals surface area contributed by atoms with Gasteiger partial charge in [0, 0.05) is 32.7 Å². The molecule has 1 aromatic carbocycles. The van der Waals surface area contributed by atoms with E-state index in [1.165, 1.54) is 11.8 Å². The minimum Gasteiger partial charge on any atom is -0.367 e. The molecule has 1 N–H and O–H groups in total. The summed E-state index contributed by atoms with van der Waals surface area (Å²) in [6.07, 6.45) is 1.90. The SMILES string of the molecule is CCCCn1c(SCC(=O)N2CCN(c3ccccc3Cl)CC2)n[nH]c1=O. The fraction of sp³-hybridized carbons (Fsp3) is 0.500. The summed E-state index contributed by atoms with van der Waals surface area (Å²) < 4.78 is 1.61. The maximum absolute atomic E-state index is 12.5. The summed E-state index contributed by atoms with van der Waals surface area (Å²) in [4.78, 5) is 28.4. The van der Waals surface area contributed by atoms with Crippen LogP contribution in [0.5, 0.6) is 0 Å². The number of hydrogen-bond donors (Lipinski definition) is 1. The Bertz CT molecular complexity index is 829. The second-order valence-electron chi connectivity index (χ2n) is 6.42. The Morgan fingerprint density at radius 1 is 1.26 bits per heavy atom. The van der Waals surface area contributed by atoms with Crippen LogP contribution in [0.1, 0.15) is 19.8 Å². The van der Waals surface area contributed by atoms with Gasteiger partial charge in [0.15, 0.2) is 5.16 Å². The average molecular weight is 410 g/mol. The average Bonchev–Trinajstić information content (AvgIpc) is 3.04. The number of amides is 1. The van der Waals surface area contributed by atoms with Crippen LogP contribution in [0.25, 0.3) is 0 Å². The van der Waals surface area contributed by atoms with Crippen LogP contribution < -0.4 is 10.6 Å². The van der Waals surface area contributed by atoms with Gasteiger partial charge in [-0.25, -0.2) is 9.89 Å². The molecule has 1 aliphatic heterocycles. The van der Waals surface area contributed by atoms with Gasteiger partial charge >= 0.3 is 5.69 Å². The molecule has 0 unspecified atom stereocenters. The molecule has 0 atom stereocenters. The zero-order valence-electron chi connectivity index (χ0n) is 15.4. The number of aromatic amines is 1. The number of anilines is 1. The molecule has 0 aliphatic carbocycles. The first-order valence-electron chi connectivity index (χ1n) is 9.15. The highest BCUT2D eigenvalue weighted by Gasteiger charge is 2.23. The van der Waals surface area contributed by atoms with E-state index in [9.17, 15) is 9.59 Å². The fourth-order valence-electron chi connectivity index (χ4n) is 3.05.